The van der Waals surface area contributed by atoms with E-state index in [1.54, 1.807) is 0 Å². The summed E-state index contributed by atoms with van der Waals surface area (Å²) >= 11 is 1.86. The van der Waals surface area contributed by atoms with Crippen molar-refractivity contribution in [3.05, 3.63) is 22.4 Å². The lowest BCUT2D eigenvalue weighted by molar-refractivity contribution is 0.00871. The first-order valence-corrected chi connectivity index (χ1v) is 7.57. The fourth-order valence-electron chi connectivity index (χ4n) is 2.44. The molecule has 1 aromatic heterocycles. The maximum Gasteiger partial charge on any atom is 0.0575 e. The molecule has 17 heavy (non-hydrogen) atoms. The summed E-state index contributed by atoms with van der Waals surface area (Å²) in [6, 6.07) is 4.96. The first-order chi connectivity index (χ1) is 8.38. The van der Waals surface area contributed by atoms with Gasteiger partial charge in [-0.3, -0.25) is 0 Å². The normalized spacial score (nSPS) is 22.5. The second-order valence-electron chi connectivity index (χ2n) is 4.84. The molecule has 2 nitrogen and oxygen atoms in total. The van der Waals surface area contributed by atoms with Crippen molar-refractivity contribution in [2.45, 2.75) is 50.7 Å². The predicted molar refractivity (Wildman–Crippen MR) is 73.7 cm³/mol. The number of thiophene rings is 1. The van der Waals surface area contributed by atoms with Crippen molar-refractivity contribution in [2.75, 3.05) is 13.7 Å². The maximum absolute atomic E-state index is 5.78. The molecule has 2 atom stereocenters. The fraction of sp³-hybridized carbons (Fsp3) is 0.714. The SMILES string of the molecule is CNC(CCC1CCCCO1)Cc1cccs1. The van der Waals surface area contributed by atoms with Crippen LogP contribution in [0.25, 0.3) is 0 Å². The largest absolute Gasteiger partial charge is 0.378 e. The van der Waals surface area contributed by atoms with Crippen LogP contribution in [0.3, 0.4) is 0 Å². The van der Waals surface area contributed by atoms with Gasteiger partial charge in [-0.05, 0) is 57.0 Å². The Bertz CT molecular complexity index is 293. The van der Waals surface area contributed by atoms with Gasteiger partial charge in [-0.15, -0.1) is 11.3 Å². The second kappa shape index (κ2) is 7.14. The van der Waals surface area contributed by atoms with E-state index in [1.807, 2.05) is 11.3 Å². The second-order valence-corrected chi connectivity index (χ2v) is 5.87. The van der Waals surface area contributed by atoms with Crippen molar-refractivity contribution >= 4 is 11.3 Å². The van der Waals surface area contributed by atoms with E-state index >= 15 is 0 Å². The Kier molecular flexibility index (Phi) is 5.49. The van der Waals surface area contributed by atoms with E-state index < -0.39 is 0 Å². The Morgan fingerprint density at radius 1 is 1.53 bits per heavy atom. The molecule has 0 aliphatic carbocycles. The first kappa shape index (κ1) is 13.1. The van der Waals surface area contributed by atoms with Gasteiger partial charge in [0, 0.05) is 17.5 Å². The van der Waals surface area contributed by atoms with Crippen LogP contribution in [0.4, 0.5) is 0 Å². The van der Waals surface area contributed by atoms with Crippen molar-refractivity contribution in [2.24, 2.45) is 0 Å². The van der Waals surface area contributed by atoms with Crippen molar-refractivity contribution in [1.82, 2.24) is 5.32 Å². The van der Waals surface area contributed by atoms with Gasteiger partial charge in [0.25, 0.3) is 0 Å². The average Bonchev–Trinajstić information content (AvgIpc) is 2.88. The van der Waals surface area contributed by atoms with E-state index in [4.69, 9.17) is 4.74 Å². The first-order valence-electron chi connectivity index (χ1n) is 6.69. The Hall–Kier alpha value is -0.380. The van der Waals surface area contributed by atoms with Crippen LogP contribution < -0.4 is 5.32 Å². The van der Waals surface area contributed by atoms with Gasteiger partial charge in [-0.25, -0.2) is 0 Å². The molecule has 2 unspecified atom stereocenters. The Morgan fingerprint density at radius 3 is 3.12 bits per heavy atom. The summed E-state index contributed by atoms with van der Waals surface area (Å²) < 4.78 is 5.78. The predicted octanol–water partition coefficient (Wildman–Crippen LogP) is 3.23. The quantitative estimate of drug-likeness (QED) is 0.840. The van der Waals surface area contributed by atoms with Crippen molar-refractivity contribution in [3.63, 3.8) is 0 Å². The number of hydrogen-bond acceptors (Lipinski definition) is 3. The van der Waals surface area contributed by atoms with Gasteiger partial charge < -0.3 is 10.1 Å². The van der Waals surface area contributed by atoms with Crippen molar-refractivity contribution < 1.29 is 4.74 Å². The number of rotatable bonds is 6. The fourth-order valence-corrected chi connectivity index (χ4v) is 3.23. The molecule has 3 heteroatoms. The van der Waals surface area contributed by atoms with Crippen LogP contribution >= 0.6 is 11.3 Å². The molecule has 1 aliphatic heterocycles. The zero-order valence-corrected chi connectivity index (χ0v) is 11.5. The summed E-state index contributed by atoms with van der Waals surface area (Å²) in [6.45, 7) is 0.972. The van der Waals surface area contributed by atoms with Crippen LogP contribution in [0.15, 0.2) is 17.5 Å². The van der Waals surface area contributed by atoms with E-state index in [9.17, 15) is 0 Å². The van der Waals surface area contributed by atoms with Gasteiger partial charge in [-0.1, -0.05) is 6.07 Å². The Labute approximate surface area is 108 Å². The summed E-state index contributed by atoms with van der Waals surface area (Å²) in [5.41, 5.74) is 0. The average molecular weight is 253 g/mol. The summed E-state index contributed by atoms with van der Waals surface area (Å²) in [7, 11) is 2.07. The minimum absolute atomic E-state index is 0.517. The molecule has 1 aliphatic rings. The molecule has 1 aromatic rings. The van der Waals surface area contributed by atoms with Crippen LogP contribution in [0, 0.1) is 0 Å². The zero-order chi connectivity index (χ0) is 11.9. The van der Waals surface area contributed by atoms with Crippen LogP contribution in [0.5, 0.6) is 0 Å². The molecule has 1 N–H and O–H groups in total. The highest BCUT2D eigenvalue weighted by atomic mass is 32.1. The molecular formula is C14H23NOS. The highest BCUT2D eigenvalue weighted by Crippen LogP contribution is 2.19. The van der Waals surface area contributed by atoms with Crippen molar-refractivity contribution in [3.8, 4) is 0 Å². The number of nitrogens with one attached hydrogen (secondary N) is 1. The number of hydrogen-bond donors (Lipinski definition) is 1. The third kappa shape index (κ3) is 4.41. The molecule has 2 rings (SSSR count). The highest BCUT2D eigenvalue weighted by Gasteiger charge is 2.16. The Balaban J connectivity index is 1.71. The van der Waals surface area contributed by atoms with E-state index in [2.05, 4.69) is 29.9 Å². The smallest absolute Gasteiger partial charge is 0.0575 e. The maximum atomic E-state index is 5.78. The third-order valence-electron chi connectivity index (χ3n) is 3.55. The summed E-state index contributed by atoms with van der Waals surface area (Å²) in [4.78, 5) is 1.48. The van der Waals surface area contributed by atoms with E-state index in [1.165, 1.54) is 37.0 Å². The standard InChI is InChI=1S/C14H23NOS/c1-15-12(11-14-6-4-10-17-14)7-8-13-5-2-3-9-16-13/h4,6,10,12-13,15H,2-3,5,7-9,11H2,1H3. The lowest BCUT2D eigenvalue weighted by atomic mass is 10.00. The molecular weight excluding hydrogens is 230 g/mol. The molecule has 0 radical (unpaired) electrons. The van der Waals surface area contributed by atoms with Crippen LogP contribution in [0.2, 0.25) is 0 Å². The van der Waals surface area contributed by atoms with Gasteiger partial charge in [0.15, 0.2) is 0 Å². The monoisotopic (exact) mass is 253 g/mol. The summed E-state index contributed by atoms with van der Waals surface area (Å²) in [6.07, 6.45) is 7.95. The summed E-state index contributed by atoms with van der Waals surface area (Å²) in [5, 5.41) is 5.59. The number of ether oxygens (including phenoxy) is 1. The topological polar surface area (TPSA) is 21.3 Å². The van der Waals surface area contributed by atoms with Crippen LogP contribution in [-0.2, 0) is 11.2 Å². The Morgan fingerprint density at radius 2 is 2.47 bits per heavy atom. The lowest BCUT2D eigenvalue weighted by Crippen LogP contribution is -2.29. The van der Waals surface area contributed by atoms with Gasteiger partial charge in [-0.2, -0.15) is 0 Å². The molecule has 0 aromatic carbocycles. The molecule has 96 valence electrons. The van der Waals surface area contributed by atoms with Crippen LogP contribution in [0.1, 0.15) is 37.0 Å². The van der Waals surface area contributed by atoms with Gasteiger partial charge in [0.05, 0.1) is 6.10 Å². The van der Waals surface area contributed by atoms with E-state index in [-0.39, 0.29) is 0 Å². The highest BCUT2D eigenvalue weighted by molar-refractivity contribution is 7.09. The minimum atomic E-state index is 0.517. The zero-order valence-electron chi connectivity index (χ0n) is 10.7. The molecule has 0 spiro atoms. The third-order valence-corrected chi connectivity index (χ3v) is 4.45. The van der Waals surface area contributed by atoms with Gasteiger partial charge in [0.1, 0.15) is 0 Å². The molecule has 2 heterocycles. The lowest BCUT2D eigenvalue weighted by Gasteiger charge is -2.24. The summed E-state index contributed by atoms with van der Waals surface area (Å²) in [5.74, 6) is 0. The van der Waals surface area contributed by atoms with Gasteiger partial charge >= 0.3 is 0 Å². The van der Waals surface area contributed by atoms with E-state index in [0.717, 1.165) is 13.0 Å². The molecule has 1 saturated heterocycles. The van der Waals surface area contributed by atoms with Gasteiger partial charge in [0.2, 0.25) is 0 Å². The molecule has 1 fully saturated rings. The van der Waals surface area contributed by atoms with Crippen LogP contribution in [-0.4, -0.2) is 25.8 Å². The molecule has 0 saturated carbocycles. The molecule has 0 bridgehead atoms. The molecule has 0 amide bonds. The van der Waals surface area contributed by atoms with E-state index in [0.29, 0.717) is 12.1 Å². The minimum Gasteiger partial charge on any atom is -0.378 e. The number of likely N-dealkylation sites (N-methyl/N-ethyl adjacent to an activating group) is 1. The van der Waals surface area contributed by atoms with Crippen molar-refractivity contribution in [1.29, 1.82) is 0 Å².